The summed E-state index contributed by atoms with van der Waals surface area (Å²) in [5.74, 6) is -0.648. The first-order valence-corrected chi connectivity index (χ1v) is 6.43. The van der Waals surface area contributed by atoms with E-state index in [1.807, 2.05) is 0 Å². The van der Waals surface area contributed by atoms with Crippen molar-refractivity contribution < 1.29 is 13.5 Å². The molecule has 0 aliphatic rings. The highest BCUT2D eigenvalue weighted by molar-refractivity contribution is 7.99. The maximum atomic E-state index is 13.5. The van der Waals surface area contributed by atoms with Gasteiger partial charge >= 0.3 is 0 Å². The van der Waals surface area contributed by atoms with Gasteiger partial charge in [0.2, 0.25) is 0 Å². The van der Waals surface area contributed by atoms with Gasteiger partial charge in [0.25, 0.3) is 0 Å². The van der Waals surface area contributed by atoms with Crippen LogP contribution in [0.2, 0.25) is 5.15 Å². The molecule has 0 saturated carbocycles. The lowest BCUT2D eigenvalue weighted by Crippen LogP contribution is -1.98. The van der Waals surface area contributed by atoms with Crippen molar-refractivity contribution in [3.63, 3.8) is 0 Å². The summed E-state index contributed by atoms with van der Waals surface area (Å²) in [7, 11) is 1.50. The van der Waals surface area contributed by atoms with Gasteiger partial charge in [-0.1, -0.05) is 23.4 Å². The number of halogens is 3. The Bertz CT molecular complexity index is 598. The van der Waals surface area contributed by atoms with E-state index in [0.717, 1.165) is 30.0 Å². The molecule has 0 saturated heterocycles. The van der Waals surface area contributed by atoms with E-state index < -0.39 is 11.6 Å². The lowest BCUT2D eigenvalue weighted by atomic mass is 10.3. The van der Waals surface area contributed by atoms with E-state index in [2.05, 4.69) is 9.97 Å². The molecule has 0 bridgehead atoms. The van der Waals surface area contributed by atoms with Crippen LogP contribution in [0.3, 0.4) is 0 Å². The number of aromatic nitrogens is 2. The predicted molar refractivity (Wildman–Crippen MR) is 68.2 cm³/mol. The summed E-state index contributed by atoms with van der Waals surface area (Å²) in [5, 5.41) is 0.651. The van der Waals surface area contributed by atoms with Crippen molar-refractivity contribution in [2.75, 3.05) is 7.11 Å². The molecular weight excluding hydrogens is 294 g/mol. The summed E-state index contributed by atoms with van der Waals surface area (Å²) in [6, 6.07) is 4.71. The Labute approximate surface area is 118 Å². The number of ether oxygens (including phenoxy) is 1. The van der Waals surface area contributed by atoms with E-state index >= 15 is 0 Å². The van der Waals surface area contributed by atoms with Crippen molar-refractivity contribution in [2.45, 2.75) is 16.5 Å². The molecule has 1 aromatic carbocycles. The quantitative estimate of drug-likeness (QED) is 0.807. The van der Waals surface area contributed by atoms with E-state index in [1.165, 1.54) is 13.2 Å². The highest BCUT2D eigenvalue weighted by Crippen LogP contribution is 2.30. The summed E-state index contributed by atoms with van der Waals surface area (Å²) >= 11 is 6.81. The summed E-state index contributed by atoms with van der Waals surface area (Å²) in [5.41, 5.74) is 0. The molecule has 0 N–H and O–H groups in total. The minimum absolute atomic E-state index is 0.137. The first-order chi connectivity index (χ1) is 9.08. The molecule has 0 fully saturated rings. The Hall–Kier alpha value is -1.24. The van der Waals surface area contributed by atoms with Gasteiger partial charge in [-0.2, -0.15) is 0 Å². The molecule has 0 unspecified atom stereocenters. The molecule has 19 heavy (non-hydrogen) atoms. The number of nitrogens with zero attached hydrogens (tertiary/aromatic N) is 2. The highest BCUT2D eigenvalue weighted by atomic mass is 35.5. The van der Waals surface area contributed by atoms with Gasteiger partial charge < -0.3 is 4.74 Å². The van der Waals surface area contributed by atoms with Gasteiger partial charge in [0.1, 0.15) is 28.4 Å². The third-order valence-electron chi connectivity index (χ3n) is 2.10. The van der Waals surface area contributed by atoms with Gasteiger partial charge in [-0.3, -0.25) is 0 Å². The number of hydrogen-bond donors (Lipinski definition) is 0. The smallest absolute Gasteiger partial charge is 0.156 e. The van der Waals surface area contributed by atoms with Gasteiger partial charge in [0.15, 0.2) is 5.82 Å². The highest BCUT2D eigenvalue weighted by Gasteiger charge is 2.09. The Morgan fingerprint density at radius 3 is 2.79 bits per heavy atom. The normalized spacial score (nSPS) is 10.7. The first-order valence-electron chi connectivity index (χ1n) is 5.24. The van der Waals surface area contributed by atoms with Crippen molar-refractivity contribution in [3.05, 3.63) is 46.9 Å². The molecule has 0 aliphatic carbocycles. The van der Waals surface area contributed by atoms with Crippen molar-refractivity contribution in [1.29, 1.82) is 0 Å². The number of rotatable bonds is 4. The minimum atomic E-state index is -0.519. The van der Waals surface area contributed by atoms with Gasteiger partial charge in [0, 0.05) is 13.2 Å². The second-order valence-corrected chi connectivity index (χ2v) is 5.00. The van der Waals surface area contributed by atoms with Crippen LogP contribution in [0.25, 0.3) is 0 Å². The second kappa shape index (κ2) is 6.27. The maximum absolute atomic E-state index is 13.5. The Morgan fingerprint density at radius 1 is 1.26 bits per heavy atom. The SMILES string of the molecule is COCc1nc(Cl)cc(Sc2cc(F)ccc2F)n1. The average molecular weight is 303 g/mol. The number of methoxy groups -OCH3 is 1. The lowest BCUT2D eigenvalue weighted by molar-refractivity contribution is 0.177. The maximum Gasteiger partial charge on any atom is 0.156 e. The summed E-state index contributed by atoms with van der Waals surface area (Å²) in [4.78, 5) is 8.23. The Kier molecular flexibility index (Phi) is 4.68. The summed E-state index contributed by atoms with van der Waals surface area (Å²) < 4.78 is 31.5. The molecule has 100 valence electrons. The van der Waals surface area contributed by atoms with Gasteiger partial charge in [-0.15, -0.1) is 0 Å². The molecule has 2 aromatic rings. The fourth-order valence-corrected chi connectivity index (χ4v) is 2.51. The van der Waals surface area contributed by atoms with Gasteiger partial charge in [-0.05, 0) is 18.2 Å². The van der Waals surface area contributed by atoms with Crippen molar-refractivity contribution >= 4 is 23.4 Å². The van der Waals surface area contributed by atoms with Crippen LogP contribution in [0.1, 0.15) is 5.82 Å². The standard InChI is InChI=1S/C12H9ClF2N2OS/c1-18-6-11-16-10(13)5-12(17-11)19-9-4-7(14)2-3-8(9)15/h2-5H,6H2,1H3. The third kappa shape index (κ3) is 3.86. The molecule has 2 rings (SSSR count). The van der Waals surface area contributed by atoms with E-state index in [-0.39, 0.29) is 16.7 Å². The van der Waals surface area contributed by atoms with Gasteiger partial charge in [0.05, 0.1) is 4.90 Å². The molecular formula is C12H9ClF2N2OS. The molecule has 0 amide bonds. The van der Waals surface area contributed by atoms with Crippen LogP contribution in [0.4, 0.5) is 8.78 Å². The largest absolute Gasteiger partial charge is 0.377 e. The molecule has 0 aliphatic heterocycles. The lowest BCUT2D eigenvalue weighted by Gasteiger charge is -2.05. The summed E-state index contributed by atoms with van der Waals surface area (Å²) in [6.07, 6.45) is 0. The van der Waals surface area contributed by atoms with Crippen LogP contribution in [0.5, 0.6) is 0 Å². The van der Waals surface area contributed by atoms with Crippen LogP contribution < -0.4 is 0 Å². The van der Waals surface area contributed by atoms with Crippen LogP contribution in [-0.2, 0) is 11.3 Å². The average Bonchev–Trinajstić information content (AvgIpc) is 2.33. The van der Waals surface area contributed by atoms with E-state index in [4.69, 9.17) is 16.3 Å². The third-order valence-corrected chi connectivity index (χ3v) is 3.24. The number of hydrogen-bond acceptors (Lipinski definition) is 4. The molecule has 0 atom stereocenters. The van der Waals surface area contributed by atoms with Crippen LogP contribution >= 0.6 is 23.4 Å². The fourth-order valence-electron chi connectivity index (χ4n) is 1.36. The van der Waals surface area contributed by atoms with Gasteiger partial charge in [-0.25, -0.2) is 18.7 Å². The van der Waals surface area contributed by atoms with Crippen LogP contribution in [0.15, 0.2) is 34.2 Å². The van der Waals surface area contributed by atoms with Crippen LogP contribution in [-0.4, -0.2) is 17.1 Å². The first kappa shape index (κ1) is 14.2. The number of benzene rings is 1. The molecule has 3 nitrogen and oxygen atoms in total. The molecule has 0 radical (unpaired) electrons. The zero-order valence-corrected chi connectivity index (χ0v) is 11.4. The summed E-state index contributed by atoms with van der Waals surface area (Å²) in [6.45, 7) is 0.194. The van der Waals surface area contributed by atoms with Crippen LogP contribution in [0, 0.1) is 11.6 Å². The van der Waals surface area contributed by atoms with E-state index in [0.29, 0.717) is 10.9 Å². The van der Waals surface area contributed by atoms with E-state index in [1.54, 1.807) is 0 Å². The van der Waals surface area contributed by atoms with E-state index in [9.17, 15) is 8.78 Å². The molecule has 1 heterocycles. The topological polar surface area (TPSA) is 35.0 Å². The zero-order chi connectivity index (χ0) is 13.8. The minimum Gasteiger partial charge on any atom is -0.377 e. The molecule has 7 heteroatoms. The zero-order valence-electron chi connectivity index (χ0n) is 9.86. The van der Waals surface area contributed by atoms with Crippen molar-refractivity contribution in [3.8, 4) is 0 Å². The van der Waals surface area contributed by atoms with Crippen molar-refractivity contribution in [2.24, 2.45) is 0 Å². The Morgan fingerprint density at radius 2 is 2.05 bits per heavy atom. The fraction of sp³-hybridized carbons (Fsp3) is 0.167. The molecule has 0 spiro atoms. The predicted octanol–water partition coefficient (Wildman–Crippen LogP) is 3.71. The second-order valence-electron chi connectivity index (χ2n) is 3.55. The van der Waals surface area contributed by atoms with Crippen molar-refractivity contribution in [1.82, 2.24) is 9.97 Å². The molecule has 1 aromatic heterocycles. The monoisotopic (exact) mass is 302 g/mol. The Balaban J connectivity index is 2.29.